The Morgan fingerprint density at radius 1 is 1.35 bits per heavy atom. The lowest BCUT2D eigenvalue weighted by molar-refractivity contribution is 0.696. The van der Waals surface area contributed by atoms with Crippen LogP contribution in [-0.2, 0) is 12.5 Å². The molecule has 4 nitrogen and oxygen atoms in total. The van der Waals surface area contributed by atoms with Crippen LogP contribution >= 0.6 is 0 Å². The Labute approximate surface area is 118 Å². The van der Waals surface area contributed by atoms with Crippen molar-refractivity contribution < 1.29 is 0 Å². The summed E-state index contributed by atoms with van der Waals surface area (Å²) in [5, 5.41) is 13.5. The molecule has 1 fully saturated rings. The second-order valence-corrected chi connectivity index (χ2v) is 6.03. The number of anilines is 1. The van der Waals surface area contributed by atoms with Crippen LogP contribution in [0.3, 0.4) is 0 Å². The maximum atomic E-state index is 9.25. The molecular weight excluding hydrogens is 248 g/mol. The van der Waals surface area contributed by atoms with E-state index in [-0.39, 0.29) is 11.3 Å². The smallest absolute Gasteiger partial charge is 0.0666 e. The molecule has 1 unspecified atom stereocenters. The second kappa shape index (κ2) is 3.63. The molecule has 0 amide bonds. The summed E-state index contributed by atoms with van der Waals surface area (Å²) in [7, 11) is 4.04. The van der Waals surface area contributed by atoms with E-state index in [1.807, 2.05) is 24.1 Å². The number of nitrogens with zero attached hydrogens (tertiary/aromatic N) is 4. The van der Waals surface area contributed by atoms with E-state index in [0.29, 0.717) is 0 Å². The van der Waals surface area contributed by atoms with Crippen LogP contribution in [0.1, 0.15) is 12.0 Å². The van der Waals surface area contributed by atoms with Crippen LogP contribution in [0.4, 0.5) is 5.69 Å². The van der Waals surface area contributed by atoms with Crippen molar-refractivity contribution in [2.45, 2.75) is 11.8 Å². The van der Waals surface area contributed by atoms with E-state index in [1.54, 1.807) is 0 Å². The number of aromatic nitrogens is 2. The van der Waals surface area contributed by atoms with E-state index in [4.69, 9.17) is 0 Å². The van der Waals surface area contributed by atoms with E-state index in [1.165, 1.54) is 16.8 Å². The summed E-state index contributed by atoms with van der Waals surface area (Å²) < 4.78 is 1.82. The highest BCUT2D eigenvalue weighted by Crippen LogP contribution is 2.60. The van der Waals surface area contributed by atoms with Crippen LogP contribution in [-0.4, -0.2) is 23.4 Å². The highest BCUT2D eigenvalue weighted by molar-refractivity contribution is 5.73. The summed E-state index contributed by atoms with van der Waals surface area (Å²) >= 11 is 0. The molecule has 1 aromatic heterocycles. The largest absolute Gasteiger partial charge is 0.373 e. The van der Waals surface area contributed by atoms with Gasteiger partial charge in [-0.15, -0.1) is 0 Å². The predicted octanol–water partition coefficient (Wildman–Crippen LogP) is 2.32. The lowest BCUT2D eigenvalue weighted by Crippen LogP contribution is -2.20. The Hall–Kier alpha value is -2.28. The molecule has 2 aromatic rings. The van der Waals surface area contributed by atoms with E-state index in [2.05, 4.69) is 41.3 Å². The fourth-order valence-corrected chi connectivity index (χ4v) is 3.56. The monoisotopic (exact) mass is 264 g/mol. The van der Waals surface area contributed by atoms with Gasteiger partial charge in [-0.3, -0.25) is 4.68 Å². The summed E-state index contributed by atoms with van der Waals surface area (Å²) in [6.07, 6.45) is 4.92. The molecule has 0 N–H and O–H groups in total. The van der Waals surface area contributed by atoms with Gasteiger partial charge in [-0.1, -0.05) is 6.07 Å². The fraction of sp³-hybridized carbons (Fsp3) is 0.375. The van der Waals surface area contributed by atoms with Gasteiger partial charge in [-0.05, 0) is 29.7 Å². The summed E-state index contributed by atoms with van der Waals surface area (Å²) in [4.78, 5) is 2.28. The van der Waals surface area contributed by atoms with Gasteiger partial charge in [-0.25, -0.2) is 0 Å². The third kappa shape index (κ3) is 1.38. The van der Waals surface area contributed by atoms with Crippen molar-refractivity contribution in [1.82, 2.24) is 9.78 Å². The molecule has 20 heavy (non-hydrogen) atoms. The normalized spacial score (nSPS) is 26.6. The summed E-state index contributed by atoms with van der Waals surface area (Å²) in [5.41, 5.74) is 5.02. The standard InChI is InChI=1S/C16H16N4/c1-19-10-16(6-13(16)7-17)14-5-11(3-4-15(14)19)12-8-18-20(2)9-12/h3-5,8-9,13H,6,10H2,1-2H3/t13-,16?/m0/s1. The molecule has 1 aliphatic heterocycles. The van der Waals surface area contributed by atoms with Crippen LogP contribution in [0.5, 0.6) is 0 Å². The highest BCUT2D eigenvalue weighted by Gasteiger charge is 2.60. The zero-order valence-electron chi connectivity index (χ0n) is 11.7. The average Bonchev–Trinajstić information content (AvgIpc) is 2.86. The number of hydrogen-bond donors (Lipinski definition) is 0. The molecule has 0 radical (unpaired) electrons. The minimum absolute atomic E-state index is 0.0804. The SMILES string of the molecule is CN1CC2(C[C@H]2C#N)c2cc(-c3cnn(C)c3)ccc21. The molecule has 2 aliphatic rings. The van der Waals surface area contributed by atoms with Gasteiger partial charge in [-0.2, -0.15) is 10.4 Å². The van der Waals surface area contributed by atoms with Gasteiger partial charge in [0.15, 0.2) is 0 Å². The Morgan fingerprint density at radius 3 is 2.85 bits per heavy atom. The molecule has 100 valence electrons. The molecule has 0 bridgehead atoms. The molecular formula is C16H16N4. The van der Waals surface area contributed by atoms with Crippen molar-refractivity contribution in [3.8, 4) is 17.2 Å². The van der Waals surface area contributed by atoms with Crippen molar-refractivity contribution in [2.75, 3.05) is 18.5 Å². The highest BCUT2D eigenvalue weighted by atomic mass is 15.2. The minimum Gasteiger partial charge on any atom is -0.373 e. The van der Waals surface area contributed by atoms with Crippen molar-refractivity contribution in [3.63, 3.8) is 0 Å². The van der Waals surface area contributed by atoms with Crippen molar-refractivity contribution in [3.05, 3.63) is 36.2 Å². The summed E-state index contributed by atoms with van der Waals surface area (Å²) in [5.74, 6) is 0.176. The Balaban J connectivity index is 1.83. The quantitative estimate of drug-likeness (QED) is 0.794. The second-order valence-electron chi connectivity index (χ2n) is 6.03. The van der Waals surface area contributed by atoms with Crippen LogP contribution < -0.4 is 4.90 Å². The number of fused-ring (bicyclic) bond motifs is 2. The molecule has 2 heterocycles. The van der Waals surface area contributed by atoms with Crippen LogP contribution in [0.2, 0.25) is 0 Å². The van der Waals surface area contributed by atoms with Gasteiger partial charge in [0.25, 0.3) is 0 Å². The van der Waals surface area contributed by atoms with Crippen LogP contribution in [0.25, 0.3) is 11.1 Å². The van der Waals surface area contributed by atoms with Gasteiger partial charge >= 0.3 is 0 Å². The molecule has 1 saturated carbocycles. The predicted molar refractivity (Wildman–Crippen MR) is 77.3 cm³/mol. The first kappa shape index (κ1) is 11.5. The lowest BCUT2D eigenvalue weighted by Gasteiger charge is -2.11. The first-order valence-electron chi connectivity index (χ1n) is 6.88. The molecule has 1 aromatic carbocycles. The molecule has 0 saturated heterocycles. The van der Waals surface area contributed by atoms with Gasteiger partial charge in [0.1, 0.15) is 0 Å². The van der Waals surface area contributed by atoms with Gasteiger partial charge < -0.3 is 4.90 Å². The zero-order valence-corrected chi connectivity index (χ0v) is 11.7. The third-order valence-corrected chi connectivity index (χ3v) is 4.73. The Bertz CT molecular complexity index is 739. The van der Waals surface area contributed by atoms with E-state index in [9.17, 15) is 5.26 Å². The first-order chi connectivity index (χ1) is 9.64. The van der Waals surface area contributed by atoms with Crippen LogP contribution in [0, 0.1) is 17.2 Å². The number of likely N-dealkylation sites (N-methyl/N-ethyl adjacent to an activating group) is 1. The van der Waals surface area contributed by atoms with Gasteiger partial charge in [0, 0.05) is 43.5 Å². The number of rotatable bonds is 1. The maximum absolute atomic E-state index is 9.25. The molecule has 4 heteroatoms. The topological polar surface area (TPSA) is 44.9 Å². The average molecular weight is 264 g/mol. The number of benzene rings is 1. The van der Waals surface area contributed by atoms with Gasteiger partial charge in [0.05, 0.1) is 18.2 Å². The lowest BCUT2D eigenvalue weighted by atomic mass is 9.93. The third-order valence-electron chi connectivity index (χ3n) is 4.73. The molecule has 2 atom stereocenters. The first-order valence-corrected chi connectivity index (χ1v) is 6.88. The zero-order chi connectivity index (χ0) is 13.9. The number of nitriles is 1. The maximum Gasteiger partial charge on any atom is 0.0666 e. The molecule has 1 aliphatic carbocycles. The fourth-order valence-electron chi connectivity index (χ4n) is 3.56. The summed E-state index contributed by atoms with van der Waals surface area (Å²) in [6.45, 7) is 0.969. The minimum atomic E-state index is 0.0804. The summed E-state index contributed by atoms with van der Waals surface area (Å²) in [6, 6.07) is 9.04. The van der Waals surface area contributed by atoms with Crippen molar-refractivity contribution >= 4 is 5.69 Å². The molecule has 4 rings (SSSR count). The Morgan fingerprint density at radius 2 is 2.20 bits per heavy atom. The molecule has 1 spiro atoms. The van der Waals surface area contributed by atoms with E-state index >= 15 is 0 Å². The van der Waals surface area contributed by atoms with Crippen LogP contribution in [0.15, 0.2) is 30.6 Å². The van der Waals surface area contributed by atoms with E-state index < -0.39 is 0 Å². The van der Waals surface area contributed by atoms with Gasteiger partial charge in [0.2, 0.25) is 0 Å². The van der Waals surface area contributed by atoms with E-state index in [0.717, 1.165) is 18.5 Å². The number of hydrogen-bond acceptors (Lipinski definition) is 3. The van der Waals surface area contributed by atoms with Crippen molar-refractivity contribution in [2.24, 2.45) is 13.0 Å². The van der Waals surface area contributed by atoms with Crippen molar-refractivity contribution in [1.29, 1.82) is 5.26 Å². The number of aryl methyl sites for hydroxylation is 1. The Kier molecular flexibility index (Phi) is 2.10.